The lowest BCUT2D eigenvalue weighted by atomic mass is 9.94. The number of hydrogen-bond donors (Lipinski definition) is 2. The van der Waals surface area contributed by atoms with Crippen LogP contribution in [0.3, 0.4) is 0 Å². The van der Waals surface area contributed by atoms with E-state index in [0.29, 0.717) is 31.8 Å². The van der Waals surface area contributed by atoms with Crippen molar-refractivity contribution >= 4 is 17.7 Å². The van der Waals surface area contributed by atoms with Crippen molar-refractivity contribution in [2.75, 3.05) is 31.6 Å². The number of benzene rings is 2. The summed E-state index contributed by atoms with van der Waals surface area (Å²) in [7, 11) is 1.65. The molecule has 0 bridgehead atoms. The monoisotopic (exact) mass is 581 g/mol. The highest BCUT2D eigenvalue weighted by atomic mass is 16.6. The molecule has 2 aromatic rings. The first kappa shape index (κ1) is 31.5. The number of nitrogens with zero attached hydrogens (tertiary/aromatic N) is 2. The number of amides is 2. The lowest BCUT2D eigenvalue weighted by molar-refractivity contribution is -0.142. The van der Waals surface area contributed by atoms with Crippen LogP contribution >= 0.6 is 0 Å². The SMILES string of the molecule is COc1ccc(N2CCN(C(=O)C(NC(=O)OC(C)(C)C)C(C)(C)O)C(Cc3ccccc3)C2)cc1OC1CCCC1. The van der Waals surface area contributed by atoms with Crippen LogP contribution in [0.15, 0.2) is 48.5 Å². The number of alkyl carbamates (subject to hydrolysis) is 1. The van der Waals surface area contributed by atoms with E-state index < -0.39 is 23.3 Å². The molecule has 4 rings (SSSR count). The summed E-state index contributed by atoms with van der Waals surface area (Å²) in [5.74, 6) is 1.11. The smallest absolute Gasteiger partial charge is 0.408 e. The number of piperazine rings is 1. The molecule has 0 radical (unpaired) electrons. The highest BCUT2D eigenvalue weighted by molar-refractivity contribution is 5.87. The van der Waals surface area contributed by atoms with E-state index in [2.05, 4.69) is 22.3 Å². The van der Waals surface area contributed by atoms with Gasteiger partial charge in [0.05, 0.1) is 24.9 Å². The number of methoxy groups -OCH3 is 1. The van der Waals surface area contributed by atoms with Gasteiger partial charge < -0.3 is 34.4 Å². The lowest BCUT2D eigenvalue weighted by Crippen LogP contribution is -2.64. The summed E-state index contributed by atoms with van der Waals surface area (Å²) in [6, 6.07) is 14.7. The number of hydrogen-bond acceptors (Lipinski definition) is 7. The molecule has 2 N–H and O–H groups in total. The predicted octanol–water partition coefficient (Wildman–Crippen LogP) is 4.94. The molecule has 2 aliphatic rings. The maximum atomic E-state index is 14.1. The van der Waals surface area contributed by atoms with Crippen LogP contribution in [0.1, 0.15) is 65.9 Å². The van der Waals surface area contributed by atoms with E-state index in [9.17, 15) is 14.7 Å². The molecule has 2 unspecified atom stereocenters. The molecule has 1 saturated carbocycles. The van der Waals surface area contributed by atoms with Crippen molar-refractivity contribution in [1.82, 2.24) is 10.2 Å². The third kappa shape index (κ3) is 8.31. The number of anilines is 1. The Bertz CT molecular complexity index is 1200. The predicted molar refractivity (Wildman–Crippen MR) is 163 cm³/mol. The van der Waals surface area contributed by atoms with E-state index in [4.69, 9.17) is 14.2 Å². The summed E-state index contributed by atoms with van der Waals surface area (Å²) in [6.45, 7) is 9.89. The largest absolute Gasteiger partial charge is 0.493 e. The Hall–Kier alpha value is -3.46. The normalized spacial score (nSPS) is 18.9. The molecule has 42 heavy (non-hydrogen) atoms. The van der Waals surface area contributed by atoms with Crippen LogP contribution in [0.5, 0.6) is 11.5 Å². The van der Waals surface area contributed by atoms with Crippen LogP contribution in [0.4, 0.5) is 10.5 Å². The molecule has 2 fully saturated rings. The van der Waals surface area contributed by atoms with Crippen LogP contribution in [-0.4, -0.2) is 78.1 Å². The van der Waals surface area contributed by atoms with Crippen molar-refractivity contribution in [1.29, 1.82) is 0 Å². The molecule has 9 nitrogen and oxygen atoms in total. The second kappa shape index (κ2) is 13.2. The van der Waals surface area contributed by atoms with E-state index in [0.717, 1.165) is 29.8 Å². The first-order valence-electron chi connectivity index (χ1n) is 15.0. The molecule has 2 amide bonds. The van der Waals surface area contributed by atoms with Gasteiger partial charge in [-0.05, 0) is 84.4 Å². The van der Waals surface area contributed by atoms with E-state index in [1.165, 1.54) is 26.7 Å². The van der Waals surface area contributed by atoms with Gasteiger partial charge in [-0.25, -0.2) is 4.79 Å². The Morgan fingerprint density at radius 2 is 1.69 bits per heavy atom. The summed E-state index contributed by atoms with van der Waals surface area (Å²) >= 11 is 0. The van der Waals surface area contributed by atoms with Gasteiger partial charge in [-0.3, -0.25) is 4.79 Å². The summed E-state index contributed by atoms with van der Waals surface area (Å²) in [5, 5.41) is 13.6. The fourth-order valence-corrected chi connectivity index (χ4v) is 5.71. The second-order valence-corrected chi connectivity index (χ2v) is 12.9. The van der Waals surface area contributed by atoms with Crippen LogP contribution in [-0.2, 0) is 16.0 Å². The highest BCUT2D eigenvalue weighted by Crippen LogP contribution is 2.36. The van der Waals surface area contributed by atoms with E-state index >= 15 is 0 Å². The zero-order valence-corrected chi connectivity index (χ0v) is 25.9. The number of carbonyl (C=O) groups is 2. The van der Waals surface area contributed by atoms with Gasteiger partial charge in [0, 0.05) is 31.4 Å². The van der Waals surface area contributed by atoms with Gasteiger partial charge >= 0.3 is 6.09 Å². The molecule has 2 aromatic carbocycles. The molecule has 1 aliphatic heterocycles. The number of aliphatic hydroxyl groups is 1. The van der Waals surface area contributed by atoms with Crippen LogP contribution in [0.2, 0.25) is 0 Å². The Kier molecular flexibility index (Phi) is 9.92. The van der Waals surface area contributed by atoms with Crippen LogP contribution in [0.25, 0.3) is 0 Å². The van der Waals surface area contributed by atoms with Gasteiger partial charge in [0.25, 0.3) is 0 Å². The Labute approximate surface area is 250 Å². The van der Waals surface area contributed by atoms with E-state index in [1.54, 1.807) is 32.8 Å². The molecular formula is C33H47N3O6. The molecule has 0 spiro atoms. The quantitative estimate of drug-likeness (QED) is 0.433. The summed E-state index contributed by atoms with van der Waals surface area (Å²) < 4.78 is 17.4. The molecule has 2 atom stereocenters. The standard InChI is InChI=1S/C33H47N3O6/c1-32(2,3)42-31(38)34-29(33(4,5)39)30(37)36-19-18-35(22-25(36)20-23-12-8-7-9-13-23)24-16-17-27(40-6)28(21-24)41-26-14-10-11-15-26/h7-9,12-13,16-17,21,25-26,29,39H,10-11,14-15,18-20,22H2,1-6H3,(H,34,38). The second-order valence-electron chi connectivity index (χ2n) is 12.9. The van der Waals surface area contributed by atoms with E-state index in [1.807, 2.05) is 36.4 Å². The number of rotatable bonds is 9. The van der Waals surface area contributed by atoms with Gasteiger partial charge in [0.2, 0.25) is 5.91 Å². The van der Waals surface area contributed by atoms with E-state index in [-0.39, 0.29) is 18.1 Å². The molecule has 0 aromatic heterocycles. The lowest BCUT2D eigenvalue weighted by Gasteiger charge is -2.45. The van der Waals surface area contributed by atoms with Crippen LogP contribution < -0.4 is 19.7 Å². The summed E-state index contributed by atoms with van der Waals surface area (Å²) in [4.78, 5) is 30.8. The van der Waals surface area contributed by atoms with Crippen molar-refractivity contribution in [3.05, 3.63) is 54.1 Å². The molecule has 230 valence electrons. The zero-order valence-electron chi connectivity index (χ0n) is 25.9. The third-order valence-corrected chi connectivity index (χ3v) is 7.80. The Morgan fingerprint density at radius 1 is 1.00 bits per heavy atom. The minimum absolute atomic E-state index is 0.200. The maximum absolute atomic E-state index is 14.1. The molecule has 9 heteroatoms. The van der Waals surface area contributed by atoms with Crippen molar-refractivity contribution < 1.29 is 28.9 Å². The number of carbonyl (C=O) groups excluding carboxylic acids is 2. The summed E-state index contributed by atoms with van der Waals surface area (Å²) in [5.41, 5.74) is -0.149. The average Bonchev–Trinajstić information content (AvgIpc) is 3.43. The molecular weight excluding hydrogens is 534 g/mol. The Balaban J connectivity index is 1.58. The van der Waals surface area contributed by atoms with Crippen molar-refractivity contribution in [2.24, 2.45) is 0 Å². The van der Waals surface area contributed by atoms with Crippen molar-refractivity contribution in [3.63, 3.8) is 0 Å². The van der Waals surface area contributed by atoms with Gasteiger partial charge in [-0.2, -0.15) is 0 Å². The molecule has 1 aliphatic carbocycles. The first-order valence-corrected chi connectivity index (χ1v) is 15.0. The maximum Gasteiger partial charge on any atom is 0.408 e. The fraction of sp³-hybridized carbons (Fsp3) is 0.576. The molecule has 1 heterocycles. The van der Waals surface area contributed by atoms with Crippen LogP contribution in [0, 0.1) is 0 Å². The summed E-state index contributed by atoms with van der Waals surface area (Å²) in [6.07, 6.45) is 4.53. The Morgan fingerprint density at radius 3 is 2.31 bits per heavy atom. The third-order valence-electron chi connectivity index (χ3n) is 7.80. The van der Waals surface area contributed by atoms with Gasteiger partial charge in [-0.1, -0.05) is 30.3 Å². The minimum Gasteiger partial charge on any atom is -0.493 e. The van der Waals surface area contributed by atoms with Crippen molar-refractivity contribution in [3.8, 4) is 11.5 Å². The van der Waals surface area contributed by atoms with Gasteiger partial charge in [0.15, 0.2) is 11.5 Å². The van der Waals surface area contributed by atoms with Gasteiger partial charge in [0.1, 0.15) is 11.6 Å². The number of nitrogens with one attached hydrogen (secondary N) is 1. The molecule has 1 saturated heterocycles. The topological polar surface area (TPSA) is 101 Å². The number of ether oxygens (including phenoxy) is 3. The van der Waals surface area contributed by atoms with Gasteiger partial charge in [-0.15, -0.1) is 0 Å². The van der Waals surface area contributed by atoms with Crippen molar-refractivity contribution in [2.45, 2.75) is 96.1 Å². The first-order chi connectivity index (χ1) is 19.8. The minimum atomic E-state index is -1.51. The zero-order chi connectivity index (χ0) is 30.5. The average molecular weight is 582 g/mol. The highest BCUT2D eigenvalue weighted by Gasteiger charge is 2.42. The fourth-order valence-electron chi connectivity index (χ4n) is 5.71.